The highest BCUT2D eigenvalue weighted by Gasteiger charge is 2.27. The number of hydrogen-bond acceptors (Lipinski definition) is 5. The summed E-state index contributed by atoms with van der Waals surface area (Å²) in [5, 5.41) is 3.70. The Balaban J connectivity index is 1.36. The van der Waals surface area contributed by atoms with E-state index in [9.17, 15) is 4.79 Å². The molecule has 6 heteroatoms. The van der Waals surface area contributed by atoms with Gasteiger partial charge in [-0.15, -0.1) is 0 Å². The quantitative estimate of drug-likeness (QED) is 0.547. The lowest BCUT2D eigenvalue weighted by Crippen LogP contribution is -2.36. The van der Waals surface area contributed by atoms with Crippen LogP contribution in [0.15, 0.2) is 58.2 Å². The lowest BCUT2D eigenvalue weighted by atomic mass is 10.1. The van der Waals surface area contributed by atoms with Gasteiger partial charge in [-0.05, 0) is 43.1 Å². The summed E-state index contributed by atoms with van der Waals surface area (Å²) in [6.07, 6.45) is 2.58. The number of oxazole rings is 1. The van der Waals surface area contributed by atoms with Gasteiger partial charge in [0, 0.05) is 30.4 Å². The summed E-state index contributed by atoms with van der Waals surface area (Å²) in [7, 11) is 0. The van der Waals surface area contributed by atoms with E-state index in [0.717, 1.165) is 41.4 Å². The van der Waals surface area contributed by atoms with Crippen LogP contribution in [0, 0.1) is 0 Å². The summed E-state index contributed by atoms with van der Waals surface area (Å²) in [6, 6.07) is 16.2. The first kappa shape index (κ1) is 19.0. The SMILES string of the molecule is CCN(CCNC(=O)c1ccccc1CSc1nc2ccccc2o1)C1CC1. The van der Waals surface area contributed by atoms with Crippen LogP contribution in [0.25, 0.3) is 11.1 Å². The van der Waals surface area contributed by atoms with E-state index in [4.69, 9.17) is 4.42 Å². The summed E-state index contributed by atoms with van der Waals surface area (Å²) in [5.74, 6) is 0.625. The number of aromatic nitrogens is 1. The third kappa shape index (κ3) is 4.56. The van der Waals surface area contributed by atoms with Crippen molar-refractivity contribution in [1.82, 2.24) is 15.2 Å². The first-order valence-corrected chi connectivity index (χ1v) is 10.8. The van der Waals surface area contributed by atoms with Gasteiger partial charge in [-0.2, -0.15) is 0 Å². The maximum Gasteiger partial charge on any atom is 0.257 e. The predicted octanol–water partition coefficient (Wildman–Crippen LogP) is 4.33. The second-order valence-electron chi connectivity index (χ2n) is 7.01. The molecule has 1 amide bonds. The van der Waals surface area contributed by atoms with Gasteiger partial charge in [0.15, 0.2) is 5.58 Å². The van der Waals surface area contributed by atoms with Gasteiger partial charge >= 0.3 is 0 Å². The maximum atomic E-state index is 12.7. The number of carbonyl (C=O) groups excluding carboxylic acids is 1. The Morgan fingerprint density at radius 1 is 1.21 bits per heavy atom. The number of rotatable bonds is 9. The number of para-hydroxylation sites is 2. The summed E-state index contributed by atoms with van der Waals surface area (Å²) >= 11 is 1.51. The van der Waals surface area contributed by atoms with Crippen molar-refractivity contribution in [2.24, 2.45) is 0 Å². The van der Waals surface area contributed by atoms with Gasteiger partial charge in [0.05, 0.1) is 0 Å². The second-order valence-corrected chi connectivity index (χ2v) is 7.94. The van der Waals surface area contributed by atoms with E-state index < -0.39 is 0 Å². The molecular weight excluding hydrogens is 370 g/mol. The molecule has 0 spiro atoms. The van der Waals surface area contributed by atoms with Gasteiger partial charge < -0.3 is 9.73 Å². The number of nitrogens with one attached hydrogen (secondary N) is 1. The molecule has 0 atom stereocenters. The van der Waals surface area contributed by atoms with Gasteiger partial charge in [-0.3, -0.25) is 9.69 Å². The van der Waals surface area contributed by atoms with Crippen molar-refractivity contribution in [3.63, 3.8) is 0 Å². The largest absolute Gasteiger partial charge is 0.431 e. The topological polar surface area (TPSA) is 58.4 Å². The minimum atomic E-state index is -0.0133. The van der Waals surface area contributed by atoms with E-state index in [0.29, 0.717) is 17.5 Å². The van der Waals surface area contributed by atoms with E-state index in [-0.39, 0.29) is 5.91 Å². The molecule has 1 heterocycles. The summed E-state index contributed by atoms with van der Waals surface area (Å²) in [5.41, 5.74) is 3.35. The van der Waals surface area contributed by atoms with Crippen LogP contribution in [-0.4, -0.2) is 41.5 Å². The standard InChI is InChI=1S/C22H25N3O2S/c1-2-25(17-11-12-17)14-13-23-21(26)18-8-4-3-7-16(18)15-28-22-24-19-9-5-6-10-20(19)27-22/h3-10,17H,2,11-15H2,1H3,(H,23,26). The predicted molar refractivity (Wildman–Crippen MR) is 113 cm³/mol. The molecular formula is C22H25N3O2S. The molecule has 5 nitrogen and oxygen atoms in total. The normalized spacial score (nSPS) is 13.9. The molecule has 1 aliphatic carbocycles. The van der Waals surface area contributed by atoms with Gasteiger partial charge in [0.2, 0.25) is 0 Å². The second kappa shape index (κ2) is 8.80. The zero-order valence-electron chi connectivity index (χ0n) is 16.1. The van der Waals surface area contributed by atoms with Crippen molar-refractivity contribution in [2.45, 2.75) is 36.8 Å². The van der Waals surface area contributed by atoms with Crippen LogP contribution < -0.4 is 5.32 Å². The first-order chi connectivity index (χ1) is 13.7. The molecule has 146 valence electrons. The summed E-state index contributed by atoms with van der Waals surface area (Å²) < 4.78 is 5.77. The smallest absolute Gasteiger partial charge is 0.257 e. The molecule has 3 aromatic rings. The number of carbonyl (C=O) groups is 1. The Kier molecular flexibility index (Phi) is 5.98. The minimum absolute atomic E-state index is 0.0133. The van der Waals surface area contributed by atoms with Crippen molar-refractivity contribution in [3.05, 3.63) is 59.7 Å². The van der Waals surface area contributed by atoms with Crippen LogP contribution in [0.1, 0.15) is 35.7 Å². The number of thioether (sulfide) groups is 1. The number of nitrogens with zero attached hydrogens (tertiary/aromatic N) is 2. The fraction of sp³-hybridized carbons (Fsp3) is 0.364. The van der Waals surface area contributed by atoms with Crippen molar-refractivity contribution >= 4 is 28.8 Å². The third-order valence-corrected chi connectivity index (χ3v) is 5.92. The number of benzene rings is 2. The number of likely N-dealkylation sites (N-methyl/N-ethyl adjacent to an activating group) is 1. The highest BCUT2D eigenvalue weighted by atomic mass is 32.2. The number of amides is 1. The maximum absolute atomic E-state index is 12.7. The van der Waals surface area contributed by atoms with Crippen LogP contribution in [-0.2, 0) is 5.75 Å². The van der Waals surface area contributed by atoms with Gasteiger partial charge in [-0.25, -0.2) is 4.98 Å². The van der Waals surface area contributed by atoms with Gasteiger partial charge in [0.25, 0.3) is 11.1 Å². The molecule has 0 unspecified atom stereocenters. The lowest BCUT2D eigenvalue weighted by molar-refractivity contribution is 0.0947. The van der Waals surface area contributed by atoms with Gasteiger partial charge in [0.1, 0.15) is 5.52 Å². The zero-order valence-corrected chi connectivity index (χ0v) is 16.9. The number of hydrogen-bond donors (Lipinski definition) is 1. The first-order valence-electron chi connectivity index (χ1n) is 9.83. The van der Waals surface area contributed by atoms with Crippen molar-refractivity contribution in [2.75, 3.05) is 19.6 Å². The monoisotopic (exact) mass is 395 g/mol. The van der Waals surface area contributed by atoms with Crippen LogP contribution in [0.2, 0.25) is 0 Å². The Labute approximate surface area is 169 Å². The van der Waals surface area contributed by atoms with Crippen molar-refractivity contribution in [1.29, 1.82) is 0 Å². The molecule has 0 radical (unpaired) electrons. The molecule has 1 saturated carbocycles. The van der Waals surface area contributed by atoms with E-state index in [1.807, 2.05) is 48.5 Å². The average molecular weight is 396 g/mol. The van der Waals surface area contributed by atoms with Crippen LogP contribution >= 0.6 is 11.8 Å². The molecule has 0 bridgehead atoms. The van der Waals surface area contributed by atoms with Crippen molar-refractivity contribution < 1.29 is 9.21 Å². The van der Waals surface area contributed by atoms with E-state index >= 15 is 0 Å². The Hall–Kier alpha value is -2.31. The van der Waals surface area contributed by atoms with Crippen LogP contribution in [0.5, 0.6) is 0 Å². The average Bonchev–Trinajstić information content (AvgIpc) is 3.48. The third-order valence-electron chi connectivity index (χ3n) is 5.04. The highest BCUT2D eigenvalue weighted by Crippen LogP contribution is 2.27. The molecule has 1 fully saturated rings. The Morgan fingerprint density at radius 3 is 2.79 bits per heavy atom. The lowest BCUT2D eigenvalue weighted by Gasteiger charge is -2.20. The molecule has 4 rings (SSSR count). The van der Waals surface area contributed by atoms with Crippen molar-refractivity contribution in [3.8, 4) is 0 Å². The number of fused-ring (bicyclic) bond motifs is 1. The van der Waals surface area contributed by atoms with E-state index in [2.05, 4.69) is 22.1 Å². The fourth-order valence-electron chi connectivity index (χ4n) is 3.37. The molecule has 0 aliphatic heterocycles. The van der Waals surface area contributed by atoms with Crippen LogP contribution in [0.4, 0.5) is 0 Å². The zero-order chi connectivity index (χ0) is 19.3. The molecule has 2 aromatic carbocycles. The molecule has 0 saturated heterocycles. The van der Waals surface area contributed by atoms with Gasteiger partial charge in [-0.1, -0.05) is 49.0 Å². The summed E-state index contributed by atoms with van der Waals surface area (Å²) in [6.45, 7) is 4.81. The van der Waals surface area contributed by atoms with E-state index in [1.165, 1.54) is 24.6 Å². The Morgan fingerprint density at radius 2 is 2.00 bits per heavy atom. The fourth-order valence-corrected chi connectivity index (χ4v) is 4.21. The molecule has 28 heavy (non-hydrogen) atoms. The highest BCUT2D eigenvalue weighted by molar-refractivity contribution is 7.98. The van der Waals surface area contributed by atoms with E-state index in [1.54, 1.807) is 0 Å². The summed E-state index contributed by atoms with van der Waals surface area (Å²) in [4.78, 5) is 19.6. The Bertz CT molecular complexity index is 919. The minimum Gasteiger partial charge on any atom is -0.431 e. The molecule has 1 aliphatic rings. The van der Waals surface area contributed by atoms with Crippen LogP contribution in [0.3, 0.4) is 0 Å². The molecule has 1 aromatic heterocycles. The molecule has 1 N–H and O–H groups in total.